The maximum atomic E-state index is 12.6. The number of hydrogen-bond donors (Lipinski definition) is 1. The highest BCUT2D eigenvalue weighted by atomic mass is 32.2. The van der Waals surface area contributed by atoms with Gasteiger partial charge >= 0.3 is 0 Å². The smallest absolute Gasteiger partial charge is 0.243 e. The summed E-state index contributed by atoms with van der Waals surface area (Å²) in [5, 5.41) is 2.73. The average molecular weight is 496 g/mol. The number of amides is 1. The lowest BCUT2D eigenvalue weighted by Gasteiger charge is -2.22. The number of carbonyl (C=O) groups excluding carboxylic acids is 1. The summed E-state index contributed by atoms with van der Waals surface area (Å²) < 4.78 is 57.4. The zero-order valence-corrected chi connectivity index (χ0v) is 20.4. The third kappa shape index (κ3) is 6.46. The Balaban J connectivity index is 1.55. The molecule has 1 saturated heterocycles. The molecule has 180 valence electrons. The Hall–Kier alpha value is -2.63. The lowest BCUT2D eigenvalue weighted by Crippen LogP contribution is -2.31. The Kier molecular flexibility index (Phi) is 7.98. The molecule has 11 heteroatoms. The molecule has 0 bridgehead atoms. The first-order chi connectivity index (χ1) is 15.6. The van der Waals surface area contributed by atoms with Crippen LogP contribution >= 0.6 is 0 Å². The van der Waals surface area contributed by atoms with Crippen LogP contribution in [0.5, 0.6) is 5.75 Å². The second-order valence-corrected chi connectivity index (χ2v) is 11.7. The number of nitrogens with zero attached hydrogens (tertiary/aromatic N) is 2. The first-order valence-electron chi connectivity index (χ1n) is 10.6. The molecular formula is C22H29N3O6S2. The maximum absolute atomic E-state index is 12.6. The van der Waals surface area contributed by atoms with Gasteiger partial charge in [-0.15, -0.1) is 0 Å². The fourth-order valence-corrected chi connectivity index (χ4v) is 6.11. The predicted octanol–water partition coefficient (Wildman–Crippen LogP) is 2.66. The summed E-state index contributed by atoms with van der Waals surface area (Å²) in [4.78, 5) is 12.5. The van der Waals surface area contributed by atoms with Crippen molar-refractivity contribution in [3.8, 4) is 5.75 Å². The van der Waals surface area contributed by atoms with Gasteiger partial charge in [-0.25, -0.2) is 16.8 Å². The summed E-state index contributed by atoms with van der Waals surface area (Å²) in [6.45, 7) is 1.20. The quantitative estimate of drug-likeness (QED) is 0.542. The SMILES string of the molecule is COc1ccc(N(CCCC(=O)Nc2ccc(S(=O)(=O)N3CCCC3)cc2)S(C)(=O)=O)cc1. The number of carbonyl (C=O) groups is 1. The number of sulfonamides is 2. The molecule has 1 aliphatic heterocycles. The van der Waals surface area contributed by atoms with Gasteiger partial charge < -0.3 is 10.1 Å². The Morgan fingerprint density at radius 3 is 2.15 bits per heavy atom. The third-order valence-electron chi connectivity index (χ3n) is 5.37. The molecule has 0 unspecified atom stereocenters. The van der Waals surface area contributed by atoms with Crippen LogP contribution in [0, 0.1) is 0 Å². The molecule has 0 radical (unpaired) electrons. The highest BCUT2D eigenvalue weighted by molar-refractivity contribution is 7.92. The molecule has 1 aliphatic rings. The van der Waals surface area contributed by atoms with Crippen molar-refractivity contribution in [1.82, 2.24) is 4.31 Å². The molecule has 3 rings (SSSR count). The summed E-state index contributed by atoms with van der Waals surface area (Å²) in [5.74, 6) is 0.333. The Bertz CT molecular complexity index is 1160. The van der Waals surface area contributed by atoms with E-state index in [-0.39, 0.29) is 23.8 Å². The van der Waals surface area contributed by atoms with E-state index in [1.165, 1.54) is 27.9 Å². The minimum Gasteiger partial charge on any atom is -0.497 e. The number of rotatable bonds is 10. The lowest BCUT2D eigenvalue weighted by atomic mass is 10.2. The van der Waals surface area contributed by atoms with Crippen LogP contribution in [-0.2, 0) is 24.8 Å². The van der Waals surface area contributed by atoms with E-state index in [9.17, 15) is 21.6 Å². The largest absolute Gasteiger partial charge is 0.497 e. The first kappa shape index (κ1) is 25.0. The molecule has 9 nitrogen and oxygen atoms in total. The van der Waals surface area contributed by atoms with E-state index in [2.05, 4.69) is 5.32 Å². The number of anilines is 2. The average Bonchev–Trinajstić information content (AvgIpc) is 3.32. The Morgan fingerprint density at radius 2 is 1.61 bits per heavy atom. The third-order valence-corrected chi connectivity index (χ3v) is 8.47. The van der Waals surface area contributed by atoms with Crippen LogP contribution < -0.4 is 14.4 Å². The number of hydrogen-bond acceptors (Lipinski definition) is 6. The highest BCUT2D eigenvalue weighted by Crippen LogP contribution is 2.23. The van der Waals surface area contributed by atoms with Gasteiger partial charge in [0.1, 0.15) is 5.75 Å². The van der Waals surface area contributed by atoms with Crippen molar-refractivity contribution < 1.29 is 26.4 Å². The lowest BCUT2D eigenvalue weighted by molar-refractivity contribution is -0.116. The van der Waals surface area contributed by atoms with Gasteiger partial charge in [-0.2, -0.15) is 4.31 Å². The van der Waals surface area contributed by atoms with Gasteiger partial charge in [0.2, 0.25) is 26.0 Å². The van der Waals surface area contributed by atoms with Gasteiger partial charge in [0.15, 0.2) is 0 Å². The minimum absolute atomic E-state index is 0.107. The van der Waals surface area contributed by atoms with Crippen LogP contribution in [0.3, 0.4) is 0 Å². The van der Waals surface area contributed by atoms with Crippen LogP contribution in [0.25, 0.3) is 0 Å². The molecule has 0 aromatic heterocycles. The van der Waals surface area contributed by atoms with Crippen molar-refractivity contribution in [3.05, 3.63) is 48.5 Å². The van der Waals surface area contributed by atoms with E-state index >= 15 is 0 Å². The van der Waals surface area contributed by atoms with E-state index in [1.807, 2.05) is 0 Å². The Labute approximate surface area is 195 Å². The van der Waals surface area contributed by atoms with Crippen LogP contribution in [0.2, 0.25) is 0 Å². The monoisotopic (exact) mass is 495 g/mol. The summed E-state index contributed by atoms with van der Waals surface area (Å²) in [7, 11) is -5.49. The number of ether oxygens (including phenoxy) is 1. The van der Waals surface area contributed by atoms with E-state index in [1.54, 1.807) is 36.4 Å². The molecule has 1 heterocycles. The molecule has 33 heavy (non-hydrogen) atoms. The molecule has 0 spiro atoms. The summed E-state index contributed by atoms with van der Waals surface area (Å²) in [6.07, 6.45) is 3.27. The van der Waals surface area contributed by atoms with Crippen molar-refractivity contribution in [3.63, 3.8) is 0 Å². The molecule has 2 aromatic carbocycles. The van der Waals surface area contributed by atoms with E-state index in [0.717, 1.165) is 19.1 Å². The fraction of sp³-hybridized carbons (Fsp3) is 0.409. The first-order valence-corrected chi connectivity index (χ1v) is 13.9. The van der Waals surface area contributed by atoms with Crippen molar-refractivity contribution >= 4 is 37.3 Å². The fourth-order valence-electron chi connectivity index (χ4n) is 3.63. The van der Waals surface area contributed by atoms with Crippen molar-refractivity contribution in [1.29, 1.82) is 0 Å². The standard InChI is InChI=1S/C22H29N3O6S2/c1-31-20-11-9-19(10-12-20)25(32(2,27)28)17-5-6-22(26)23-18-7-13-21(14-8-18)33(29,30)24-15-3-4-16-24/h7-14H,3-6,15-17H2,1-2H3,(H,23,26). The number of benzene rings is 2. The Morgan fingerprint density at radius 1 is 1.00 bits per heavy atom. The van der Waals surface area contributed by atoms with Crippen LogP contribution in [0.1, 0.15) is 25.7 Å². The molecule has 0 saturated carbocycles. The summed E-state index contributed by atoms with van der Waals surface area (Å²) >= 11 is 0. The number of methoxy groups -OCH3 is 1. The summed E-state index contributed by atoms with van der Waals surface area (Å²) in [6, 6.07) is 12.7. The minimum atomic E-state index is -3.52. The van der Waals surface area contributed by atoms with E-state index < -0.39 is 20.0 Å². The molecule has 1 amide bonds. The van der Waals surface area contributed by atoms with Gasteiger partial charge in [0.05, 0.1) is 23.9 Å². The van der Waals surface area contributed by atoms with Gasteiger partial charge in [-0.05, 0) is 67.8 Å². The van der Waals surface area contributed by atoms with Gasteiger partial charge in [0, 0.05) is 31.7 Å². The number of nitrogens with one attached hydrogen (secondary N) is 1. The second-order valence-electron chi connectivity index (χ2n) is 7.82. The highest BCUT2D eigenvalue weighted by Gasteiger charge is 2.27. The maximum Gasteiger partial charge on any atom is 0.243 e. The molecule has 0 aliphatic carbocycles. The molecule has 1 fully saturated rings. The normalized spacial score (nSPS) is 14.7. The van der Waals surface area contributed by atoms with Crippen molar-refractivity contribution in [2.75, 3.05) is 42.6 Å². The van der Waals surface area contributed by atoms with Crippen molar-refractivity contribution in [2.45, 2.75) is 30.6 Å². The van der Waals surface area contributed by atoms with Crippen LogP contribution in [0.15, 0.2) is 53.4 Å². The predicted molar refractivity (Wildman–Crippen MR) is 127 cm³/mol. The van der Waals surface area contributed by atoms with E-state index in [0.29, 0.717) is 36.6 Å². The van der Waals surface area contributed by atoms with Crippen molar-refractivity contribution in [2.24, 2.45) is 0 Å². The molecule has 1 N–H and O–H groups in total. The molecule has 0 atom stereocenters. The molecule has 2 aromatic rings. The van der Waals surface area contributed by atoms with Gasteiger partial charge in [0.25, 0.3) is 0 Å². The zero-order chi connectivity index (χ0) is 24.1. The zero-order valence-electron chi connectivity index (χ0n) is 18.7. The second kappa shape index (κ2) is 10.5. The topological polar surface area (TPSA) is 113 Å². The van der Waals surface area contributed by atoms with Crippen LogP contribution in [0.4, 0.5) is 11.4 Å². The van der Waals surface area contributed by atoms with Gasteiger partial charge in [-0.1, -0.05) is 0 Å². The van der Waals surface area contributed by atoms with Crippen LogP contribution in [-0.4, -0.2) is 60.0 Å². The van der Waals surface area contributed by atoms with E-state index in [4.69, 9.17) is 4.74 Å². The molecular weight excluding hydrogens is 466 g/mol. The van der Waals surface area contributed by atoms with Gasteiger partial charge in [-0.3, -0.25) is 9.10 Å². The summed E-state index contributed by atoms with van der Waals surface area (Å²) in [5.41, 5.74) is 0.976.